The third-order valence-corrected chi connectivity index (χ3v) is 6.33. The van der Waals surface area contributed by atoms with Crippen LogP contribution in [0.2, 0.25) is 0 Å². The molecule has 0 bridgehead atoms. The minimum atomic E-state index is -0.696. The number of benzene rings is 1. The van der Waals surface area contributed by atoms with Gasteiger partial charge in [0.1, 0.15) is 5.75 Å². The molecule has 1 unspecified atom stereocenters. The summed E-state index contributed by atoms with van der Waals surface area (Å²) in [7, 11) is 1.55. The van der Waals surface area contributed by atoms with Crippen molar-refractivity contribution in [3.8, 4) is 5.75 Å². The summed E-state index contributed by atoms with van der Waals surface area (Å²) in [5.74, 6) is -1.06. The largest absolute Gasteiger partial charge is 0.872 e. The molecule has 0 spiro atoms. The summed E-state index contributed by atoms with van der Waals surface area (Å²) in [6, 6.07) is 9.73. The zero-order chi connectivity index (χ0) is 21.0. The first kappa shape index (κ1) is 21.1. The number of ketones is 1. The molecule has 0 radical (unpaired) electrons. The Balaban J connectivity index is 2.02. The highest BCUT2D eigenvalue weighted by molar-refractivity contribution is 7.10. The first-order valence-corrected chi connectivity index (χ1v) is 10.7. The molecule has 2 aromatic rings. The SMILES string of the molecule is CC[NH+](CC)CCN1C(=O)C(=O)C(=C([O-])c2ccc(OC)cc2)C1c1cccs1. The fourth-order valence-corrected chi connectivity index (χ4v) is 4.47. The number of thiophene rings is 1. The van der Waals surface area contributed by atoms with Crippen molar-refractivity contribution >= 4 is 28.8 Å². The number of carbonyl (C=O) groups is 2. The predicted molar refractivity (Wildman–Crippen MR) is 111 cm³/mol. The molecule has 1 aliphatic rings. The lowest BCUT2D eigenvalue weighted by atomic mass is 10.00. The molecule has 154 valence electrons. The maximum absolute atomic E-state index is 13.2. The number of hydrogen-bond acceptors (Lipinski definition) is 5. The summed E-state index contributed by atoms with van der Waals surface area (Å²) in [5.41, 5.74) is 0.414. The molecule has 1 aliphatic heterocycles. The molecule has 1 saturated heterocycles. The van der Waals surface area contributed by atoms with Crippen LogP contribution in [0.1, 0.15) is 30.3 Å². The van der Waals surface area contributed by atoms with Crippen molar-refractivity contribution < 1.29 is 24.3 Å². The van der Waals surface area contributed by atoms with Crippen LogP contribution in [0.4, 0.5) is 0 Å². The number of nitrogens with one attached hydrogen (secondary N) is 1. The zero-order valence-corrected chi connectivity index (χ0v) is 17.8. The van der Waals surface area contributed by atoms with Gasteiger partial charge >= 0.3 is 0 Å². The molecule has 0 aliphatic carbocycles. The second-order valence-electron chi connectivity index (χ2n) is 6.92. The van der Waals surface area contributed by atoms with Gasteiger partial charge in [-0.25, -0.2) is 0 Å². The molecule has 1 amide bonds. The van der Waals surface area contributed by atoms with Crippen molar-refractivity contribution in [1.29, 1.82) is 0 Å². The van der Waals surface area contributed by atoms with Gasteiger partial charge in [-0.1, -0.05) is 24.0 Å². The summed E-state index contributed by atoms with van der Waals surface area (Å²) in [4.78, 5) is 29.4. The van der Waals surface area contributed by atoms with Crippen molar-refractivity contribution in [2.75, 3.05) is 33.3 Å². The molecule has 1 atom stereocenters. The molecule has 1 aromatic carbocycles. The predicted octanol–water partition coefficient (Wildman–Crippen LogP) is 0.905. The fourth-order valence-electron chi connectivity index (χ4n) is 3.62. The van der Waals surface area contributed by atoms with Crippen LogP contribution in [-0.4, -0.2) is 49.9 Å². The summed E-state index contributed by atoms with van der Waals surface area (Å²) in [5, 5.41) is 15.1. The Bertz CT molecular complexity index is 886. The number of nitrogens with zero attached hydrogens (tertiary/aromatic N) is 1. The molecule has 6 nitrogen and oxygen atoms in total. The normalized spacial score (nSPS) is 18.6. The van der Waals surface area contributed by atoms with E-state index in [1.165, 1.54) is 16.2 Å². The number of rotatable bonds is 8. The van der Waals surface area contributed by atoms with Gasteiger partial charge in [-0.15, -0.1) is 11.3 Å². The average Bonchev–Trinajstić information content (AvgIpc) is 3.36. The number of methoxy groups -OCH3 is 1. The summed E-state index contributed by atoms with van der Waals surface area (Å²) in [6.07, 6.45) is 0. The third kappa shape index (κ3) is 4.21. The Hall–Kier alpha value is -2.64. The number of carbonyl (C=O) groups excluding carboxylic acids is 2. The van der Waals surface area contributed by atoms with Crippen LogP contribution in [0.5, 0.6) is 5.75 Å². The monoisotopic (exact) mass is 414 g/mol. The van der Waals surface area contributed by atoms with Gasteiger partial charge in [0.2, 0.25) is 5.78 Å². The van der Waals surface area contributed by atoms with Gasteiger partial charge in [0, 0.05) is 10.5 Å². The molecule has 1 aromatic heterocycles. The molecule has 2 heterocycles. The molecule has 1 N–H and O–H groups in total. The van der Waals surface area contributed by atoms with Gasteiger partial charge in [0.05, 0.1) is 39.3 Å². The van der Waals surface area contributed by atoms with E-state index in [9.17, 15) is 14.7 Å². The Labute approximate surface area is 175 Å². The second kappa shape index (κ2) is 9.24. The molecular weight excluding hydrogens is 388 g/mol. The summed E-state index contributed by atoms with van der Waals surface area (Å²) < 4.78 is 5.14. The molecule has 0 saturated carbocycles. The van der Waals surface area contributed by atoms with Crippen molar-refractivity contribution in [2.24, 2.45) is 0 Å². The number of amides is 1. The number of likely N-dealkylation sites (tertiary alicyclic amines) is 1. The van der Waals surface area contributed by atoms with E-state index in [0.29, 0.717) is 17.9 Å². The first-order valence-electron chi connectivity index (χ1n) is 9.79. The molecule has 3 rings (SSSR count). The smallest absolute Gasteiger partial charge is 0.295 e. The lowest BCUT2D eigenvalue weighted by Crippen LogP contribution is -3.12. The zero-order valence-electron chi connectivity index (χ0n) is 16.9. The van der Waals surface area contributed by atoms with Crippen molar-refractivity contribution in [3.63, 3.8) is 0 Å². The number of hydrogen-bond donors (Lipinski definition) is 1. The van der Waals surface area contributed by atoms with Gasteiger partial charge in [-0.05, 0) is 43.0 Å². The average molecular weight is 415 g/mol. The van der Waals surface area contributed by atoms with E-state index in [1.807, 2.05) is 17.5 Å². The van der Waals surface area contributed by atoms with Gasteiger partial charge in [0.25, 0.3) is 5.91 Å². The Morgan fingerprint density at radius 2 is 1.86 bits per heavy atom. The van der Waals surface area contributed by atoms with E-state index in [1.54, 1.807) is 36.3 Å². The number of ether oxygens (including phenoxy) is 1. The number of Topliss-reactive ketones (excluding diaryl/α,β-unsaturated/α-hetero) is 1. The minimum Gasteiger partial charge on any atom is -0.872 e. The highest BCUT2D eigenvalue weighted by Gasteiger charge is 2.44. The van der Waals surface area contributed by atoms with Crippen LogP contribution in [0.15, 0.2) is 47.4 Å². The van der Waals surface area contributed by atoms with Gasteiger partial charge in [0.15, 0.2) is 0 Å². The summed E-state index contributed by atoms with van der Waals surface area (Å²) in [6.45, 7) is 7.24. The fraction of sp³-hybridized carbons (Fsp3) is 0.364. The maximum atomic E-state index is 13.2. The van der Waals surface area contributed by atoms with E-state index in [-0.39, 0.29) is 5.57 Å². The maximum Gasteiger partial charge on any atom is 0.295 e. The standard InChI is InChI=1S/C22H26N2O4S/c1-4-23(5-2)12-13-24-19(17-7-6-14-29-17)18(21(26)22(24)27)20(25)15-8-10-16(28-3)11-9-15/h6-11,14,19,25H,4-5,12-13H2,1-3H3. The van der Waals surface area contributed by atoms with E-state index in [0.717, 1.165) is 24.5 Å². The van der Waals surface area contributed by atoms with E-state index in [2.05, 4.69) is 13.8 Å². The van der Waals surface area contributed by atoms with Gasteiger partial charge in [-0.3, -0.25) is 9.59 Å². The highest BCUT2D eigenvalue weighted by atomic mass is 32.1. The van der Waals surface area contributed by atoms with Crippen LogP contribution < -0.4 is 14.7 Å². The Morgan fingerprint density at radius 1 is 1.17 bits per heavy atom. The lowest BCUT2D eigenvalue weighted by molar-refractivity contribution is -0.895. The lowest BCUT2D eigenvalue weighted by Gasteiger charge is -2.27. The highest BCUT2D eigenvalue weighted by Crippen LogP contribution is 2.40. The van der Waals surface area contributed by atoms with Gasteiger partial charge < -0.3 is 19.6 Å². The number of likely N-dealkylation sites (N-methyl/N-ethyl adjacent to an activating group) is 1. The summed E-state index contributed by atoms with van der Waals surface area (Å²) >= 11 is 1.45. The van der Waals surface area contributed by atoms with Crippen LogP contribution >= 0.6 is 11.3 Å². The first-order chi connectivity index (χ1) is 14.0. The third-order valence-electron chi connectivity index (χ3n) is 5.40. The molecule has 29 heavy (non-hydrogen) atoms. The molecule has 1 fully saturated rings. The van der Waals surface area contributed by atoms with E-state index >= 15 is 0 Å². The van der Waals surface area contributed by atoms with E-state index < -0.39 is 23.5 Å². The van der Waals surface area contributed by atoms with Crippen molar-refractivity contribution in [2.45, 2.75) is 19.9 Å². The molecule has 7 heteroatoms. The second-order valence-corrected chi connectivity index (χ2v) is 7.90. The van der Waals surface area contributed by atoms with Gasteiger partial charge in [-0.2, -0.15) is 0 Å². The van der Waals surface area contributed by atoms with Crippen molar-refractivity contribution in [3.05, 3.63) is 57.8 Å². The molecular formula is C22H26N2O4S. The quantitative estimate of drug-likeness (QED) is 0.396. The topological polar surface area (TPSA) is 74.1 Å². The van der Waals surface area contributed by atoms with Crippen molar-refractivity contribution in [1.82, 2.24) is 4.90 Å². The Kier molecular flexibility index (Phi) is 6.71. The number of quaternary nitrogens is 1. The van der Waals surface area contributed by atoms with Crippen LogP contribution in [0.3, 0.4) is 0 Å². The minimum absolute atomic E-state index is 0.0390. The van der Waals surface area contributed by atoms with Crippen LogP contribution in [-0.2, 0) is 9.59 Å². The van der Waals surface area contributed by atoms with E-state index in [4.69, 9.17) is 4.74 Å². The Morgan fingerprint density at radius 3 is 2.41 bits per heavy atom. The van der Waals surface area contributed by atoms with Crippen LogP contribution in [0, 0.1) is 0 Å². The van der Waals surface area contributed by atoms with Crippen LogP contribution in [0.25, 0.3) is 5.76 Å².